The Labute approximate surface area is 111 Å². The molecule has 1 N–H and O–H groups in total. The predicted octanol–water partition coefficient (Wildman–Crippen LogP) is 3.58. The van der Waals surface area contributed by atoms with Crippen LogP contribution in [0.1, 0.15) is 38.8 Å². The van der Waals surface area contributed by atoms with E-state index in [4.69, 9.17) is 5.26 Å². The monoisotopic (exact) mass is 244 g/mol. The second kappa shape index (κ2) is 7.18. The fourth-order valence-electron chi connectivity index (χ4n) is 2.40. The van der Waals surface area contributed by atoms with Crippen LogP contribution in [0.4, 0.5) is 0 Å². The number of nitrogens with zero attached hydrogens (tertiary/aromatic N) is 1. The lowest BCUT2D eigenvalue weighted by Crippen LogP contribution is -2.29. The molecule has 0 aliphatic heterocycles. The summed E-state index contributed by atoms with van der Waals surface area (Å²) in [5.74, 6) is 2.05. The lowest BCUT2D eigenvalue weighted by molar-refractivity contribution is 0.275. The van der Waals surface area contributed by atoms with Gasteiger partial charge in [-0.15, -0.1) is 0 Å². The van der Waals surface area contributed by atoms with E-state index in [9.17, 15) is 0 Å². The van der Waals surface area contributed by atoms with Crippen molar-refractivity contribution >= 4 is 0 Å². The maximum Gasteiger partial charge on any atom is 0.0995 e. The van der Waals surface area contributed by atoms with Gasteiger partial charge in [0.2, 0.25) is 0 Å². The molecule has 98 valence electrons. The van der Waals surface area contributed by atoms with E-state index in [0.717, 1.165) is 24.2 Å². The van der Waals surface area contributed by atoms with Crippen LogP contribution in [0.15, 0.2) is 24.3 Å². The summed E-state index contributed by atoms with van der Waals surface area (Å²) in [5, 5.41) is 12.5. The van der Waals surface area contributed by atoms with Crippen LogP contribution in [0.25, 0.3) is 0 Å². The number of nitrogens with one attached hydrogen (secondary N) is 1. The Morgan fingerprint density at radius 1 is 1.11 bits per heavy atom. The number of hydrogen-bond acceptors (Lipinski definition) is 2. The molecule has 0 spiro atoms. The molecule has 1 rings (SSSR count). The van der Waals surface area contributed by atoms with Gasteiger partial charge in [0.05, 0.1) is 11.6 Å². The first kappa shape index (κ1) is 14.7. The fourth-order valence-corrected chi connectivity index (χ4v) is 2.40. The van der Waals surface area contributed by atoms with E-state index in [-0.39, 0.29) is 0 Å². The minimum atomic E-state index is 0.680. The van der Waals surface area contributed by atoms with Crippen LogP contribution in [-0.4, -0.2) is 6.54 Å². The fraction of sp³-hybridized carbons (Fsp3) is 0.562. The highest BCUT2D eigenvalue weighted by molar-refractivity contribution is 5.37. The molecule has 1 aromatic carbocycles. The zero-order valence-corrected chi connectivity index (χ0v) is 11.9. The highest BCUT2D eigenvalue weighted by atomic mass is 14.9. The van der Waals surface area contributed by atoms with Crippen molar-refractivity contribution < 1.29 is 0 Å². The summed E-state index contributed by atoms with van der Waals surface area (Å²) in [7, 11) is 0. The molecule has 0 unspecified atom stereocenters. The van der Waals surface area contributed by atoms with Gasteiger partial charge in [-0.05, 0) is 35.9 Å². The first-order chi connectivity index (χ1) is 8.56. The third kappa shape index (κ3) is 4.16. The predicted molar refractivity (Wildman–Crippen MR) is 76.0 cm³/mol. The van der Waals surface area contributed by atoms with Gasteiger partial charge in [-0.2, -0.15) is 5.26 Å². The summed E-state index contributed by atoms with van der Waals surface area (Å²) in [6.45, 7) is 10.9. The van der Waals surface area contributed by atoms with Gasteiger partial charge in [0, 0.05) is 6.54 Å². The first-order valence-electron chi connectivity index (χ1n) is 6.75. The largest absolute Gasteiger partial charge is 0.312 e. The molecular formula is C16H24N2. The topological polar surface area (TPSA) is 35.8 Å². The van der Waals surface area contributed by atoms with Crippen LogP contribution in [0.3, 0.4) is 0 Å². The Balaban J connectivity index is 2.53. The molecule has 0 atom stereocenters. The van der Waals surface area contributed by atoms with Gasteiger partial charge >= 0.3 is 0 Å². The average Bonchev–Trinajstić information content (AvgIpc) is 2.34. The minimum absolute atomic E-state index is 0.680. The van der Waals surface area contributed by atoms with Gasteiger partial charge in [-0.3, -0.25) is 0 Å². The summed E-state index contributed by atoms with van der Waals surface area (Å²) in [6.07, 6.45) is 0. The molecule has 0 heterocycles. The van der Waals surface area contributed by atoms with Gasteiger partial charge < -0.3 is 5.32 Å². The standard InChI is InChI=1S/C16H24N2/c1-12(2)16(13(3)4)11-18-10-15-8-6-5-7-14(15)9-17/h5-8,12-13,16,18H,10-11H2,1-4H3. The van der Waals surface area contributed by atoms with Crippen LogP contribution in [-0.2, 0) is 6.54 Å². The van der Waals surface area contributed by atoms with Gasteiger partial charge in [-0.1, -0.05) is 45.9 Å². The van der Waals surface area contributed by atoms with Crippen LogP contribution in [0.5, 0.6) is 0 Å². The lowest BCUT2D eigenvalue weighted by atomic mass is 9.85. The number of benzene rings is 1. The molecule has 0 fully saturated rings. The molecule has 0 bridgehead atoms. The Hall–Kier alpha value is -1.33. The summed E-state index contributed by atoms with van der Waals surface area (Å²) in [6, 6.07) is 10.0. The second-order valence-corrected chi connectivity index (χ2v) is 5.55. The molecule has 0 saturated heterocycles. The molecular weight excluding hydrogens is 220 g/mol. The molecule has 18 heavy (non-hydrogen) atoms. The first-order valence-corrected chi connectivity index (χ1v) is 6.75. The Kier molecular flexibility index (Phi) is 5.88. The van der Waals surface area contributed by atoms with Crippen molar-refractivity contribution in [1.82, 2.24) is 5.32 Å². The van der Waals surface area contributed by atoms with Crippen molar-refractivity contribution in [2.45, 2.75) is 34.2 Å². The molecule has 0 aliphatic carbocycles. The molecule has 0 radical (unpaired) electrons. The van der Waals surface area contributed by atoms with Crippen molar-refractivity contribution in [3.8, 4) is 6.07 Å². The van der Waals surface area contributed by atoms with Crippen molar-refractivity contribution in [1.29, 1.82) is 5.26 Å². The van der Waals surface area contributed by atoms with Crippen molar-refractivity contribution in [3.63, 3.8) is 0 Å². The summed E-state index contributed by atoms with van der Waals surface area (Å²) in [5.41, 5.74) is 1.86. The molecule has 0 aliphatic rings. The van der Waals surface area contributed by atoms with E-state index in [1.807, 2.05) is 24.3 Å². The molecule has 0 aromatic heterocycles. The molecule has 0 amide bonds. The maximum absolute atomic E-state index is 9.03. The SMILES string of the molecule is CC(C)C(CNCc1ccccc1C#N)C(C)C. The van der Waals surface area contributed by atoms with Crippen LogP contribution in [0, 0.1) is 29.1 Å². The van der Waals surface area contributed by atoms with Crippen LogP contribution < -0.4 is 5.32 Å². The highest BCUT2D eigenvalue weighted by Gasteiger charge is 2.16. The lowest BCUT2D eigenvalue weighted by Gasteiger charge is -2.25. The summed E-state index contributed by atoms with van der Waals surface area (Å²) >= 11 is 0. The number of nitriles is 1. The Bertz CT molecular complexity index is 394. The summed E-state index contributed by atoms with van der Waals surface area (Å²) in [4.78, 5) is 0. The van der Waals surface area contributed by atoms with Crippen LogP contribution >= 0.6 is 0 Å². The Morgan fingerprint density at radius 3 is 2.28 bits per heavy atom. The smallest absolute Gasteiger partial charge is 0.0995 e. The third-order valence-corrected chi connectivity index (χ3v) is 3.55. The van der Waals surface area contributed by atoms with Gasteiger partial charge in [0.25, 0.3) is 0 Å². The molecule has 2 nitrogen and oxygen atoms in total. The van der Waals surface area contributed by atoms with E-state index in [0.29, 0.717) is 17.8 Å². The highest BCUT2D eigenvalue weighted by Crippen LogP contribution is 2.19. The third-order valence-electron chi connectivity index (χ3n) is 3.55. The molecule has 0 saturated carbocycles. The average molecular weight is 244 g/mol. The van der Waals surface area contributed by atoms with E-state index in [1.54, 1.807) is 0 Å². The number of hydrogen-bond donors (Lipinski definition) is 1. The van der Waals surface area contributed by atoms with Gasteiger partial charge in [0.1, 0.15) is 0 Å². The maximum atomic E-state index is 9.03. The molecule has 2 heteroatoms. The van der Waals surface area contributed by atoms with E-state index < -0.39 is 0 Å². The minimum Gasteiger partial charge on any atom is -0.312 e. The van der Waals surface area contributed by atoms with Crippen LogP contribution in [0.2, 0.25) is 0 Å². The second-order valence-electron chi connectivity index (χ2n) is 5.55. The van der Waals surface area contributed by atoms with Crippen molar-refractivity contribution in [3.05, 3.63) is 35.4 Å². The normalized spacial score (nSPS) is 11.2. The van der Waals surface area contributed by atoms with E-state index in [2.05, 4.69) is 39.1 Å². The van der Waals surface area contributed by atoms with Gasteiger partial charge in [-0.25, -0.2) is 0 Å². The zero-order chi connectivity index (χ0) is 13.5. The number of rotatable bonds is 6. The van der Waals surface area contributed by atoms with E-state index in [1.165, 1.54) is 0 Å². The van der Waals surface area contributed by atoms with Crippen molar-refractivity contribution in [2.75, 3.05) is 6.54 Å². The molecule has 1 aromatic rings. The quantitative estimate of drug-likeness (QED) is 0.830. The Morgan fingerprint density at radius 2 is 1.72 bits per heavy atom. The van der Waals surface area contributed by atoms with E-state index >= 15 is 0 Å². The zero-order valence-electron chi connectivity index (χ0n) is 11.9. The van der Waals surface area contributed by atoms with Gasteiger partial charge in [0.15, 0.2) is 0 Å². The summed E-state index contributed by atoms with van der Waals surface area (Å²) < 4.78 is 0. The van der Waals surface area contributed by atoms with Crippen molar-refractivity contribution in [2.24, 2.45) is 17.8 Å².